The summed E-state index contributed by atoms with van der Waals surface area (Å²) < 4.78 is 5.34. The van der Waals surface area contributed by atoms with Gasteiger partial charge in [0.05, 0.1) is 0 Å². The van der Waals surface area contributed by atoms with Crippen LogP contribution in [0.1, 0.15) is 56.4 Å². The zero-order valence-corrected chi connectivity index (χ0v) is 14.3. The Morgan fingerprint density at radius 3 is 2.40 bits per heavy atom. The number of nitrogens with one attached hydrogen (secondary N) is 2. The standard InChI is InChI=1S/C18H20N2O5/c1-4-14-12(18(23)24)9-15(25-14)17(22)20-13-8-11(7-6-10(13)3)16(21)19-5-2/h6-9H,4-5H2,1-3H3,(H,19,21)(H,20,22)(H,23,24). The molecule has 1 aromatic heterocycles. The second-order valence-electron chi connectivity index (χ2n) is 5.45. The van der Waals surface area contributed by atoms with Crippen molar-refractivity contribution in [1.29, 1.82) is 0 Å². The molecule has 0 aliphatic carbocycles. The number of furan rings is 1. The van der Waals surface area contributed by atoms with Gasteiger partial charge in [0.2, 0.25) is 0 Å². The highest BCUT2D eigenvalue weighted by atomic mass is 16.4. The van der Waals surface area contributed by atoms with Crippen LogP contribution in [0.5, 0.6) is 0 Å². The molecule has 7 heteroatoms. The SMILES string of the molecule is CCNC(=O)c1ccc(C)c(NC(=O)c2cc(C(=O)O)c(CC)o2)c1. The lowest BCUT2D eigenvalue weighted by Crippen LogP contribution is -2.23. The summed E-state index contributed by atoms with van der Waals surface area (Å²) in [5, 5.41) is 14.5. The lowest BCUT2D eigenvalue weighted by molar-refractivity contribution is 0.0694. The fraction of sp³-hybridized carbons (Fsp3) is 0.278. The van der Waals surface area contributed by atoms with Crippen LogP contribution < -0.4 is 10.6 Å². The predicted octanol–water partition coefficient (Wildman–Crippen LogP) is 2.85. The molecule has 0 atom stereocenters. The van der Waals surface area contributed by atoms with Gasteiger partial charge in [-0.25, -0.2) is 4.79 Å². The van der Waals surface area contributed by atoms with Crippen LogP contribution in [-0.2, 0) is 6.42 Å². The molecular weight excluding hydrogens is 324 g/mol. The predicted molar refractivity (Wildman–Crippen MR) is 92.2 cm³/mol. The summed E-state index contributed by atoms with van der Waals surface area (Å²) in [6.45, 7) is 5.85. The maximum atomic E-state index is 12.4. The topological polar surface area (TPSA) is 109 Å². The Kier molecular flexibility index (Phi) is 5.59. The Labute approximate surface area is 145 Å². The van der Waals surface area contributed by atoms with Crippen molar-refractivity contribution in [3.05, 3.63) is 52.5 Å². The lowest BCUT2D eigenvalue weighted by atomic mass is 10.1. The highest BCUT2D eigenvalue weighted by Gasteiger charge is 2.20. The molecule has 132 valence electrons. The molecule has 0 bridgehead atoms. The molecule has 0 saturated carbocycles. The van der Waals surface area contributed by atoms with Gasteiger partial charge in [-0.3, -0.25) is 9.59 Å². The van der Waals surface area contributed by atoms with Crippen molar-refractivity contribution in [3.63, 3.8) is 0 Å². The molecule has 2 aromatic rings. The van der Waals surface area contributed by atoms with E-state index in [2.05, 4.69) is 10.6 Å². The fourth-order valence-electron chi connectivity index (χ4n) is 2.33. The van der Waals surface area contributed by atoms with Crippen LogP contribution >= 0.6 is 0 Å². The van der Waals surface area contributed by atoms with Gasteiger partial charge in [-0.1, -0.05) is 13.0 Å². The fourth-order valence-corrected chi connectivity index (χ4v) is 2.33. The highest BCUT2D eigenvalue weighted by Crippen LogP contribution is 2.21. The number of aromatic carboxylic acids is 1. The molecule has 7 nitrogen and oxygen atoms in total. The minimum absolute atomic E-state index is 0.0274. The Hall–Kier alpha value is -3.09. The molecule has 25 heavy (non-hydrogen) atoms. The van der Waals surface area contributed by atoms with E-state index in [1.807, 2.05) is 6.92 Å². The number of aryl methyl sites for hydroxylation is 2. The first-order chi connectivity index (χ1) is 11.9. The molecule has 0 unspecified atom stereocenters. The highest BCUT2D eigenvalue weighted by molar-refractivity contribution is 6.05. The summed E-state index contributed by atoms with van der Waals surface area (Å²) in [6, 6.07) is 6.17. The van der Waals surface area contributed by atoms with Gasteiger partial charge >= 0.3 is 5.97 Å². The minimum atomic E-state index is -1.14. The Morgan fingerprint density at radius 1 is 1.12 bits per heavy atom. The summed E-state index contributed by atoms with van der Waals surface area (Å²) in [6.07, 6.45) is 0.362. The second kappa shape index (κ2) is 7.65. The molecule has 0 aliphatic rings. The Morgan fingerprint density at radius 2 is 1.84 bits per heavy atom. The number of hydrogen-bond acceptors (Lipinski definition) is 4. The van der Waals surface area contributed by atoms with Crippen LogP contribution in [-0.4, -0.2) is 29.4 Å². The zero-order chi connectivity index (χ0) is 18.6. The number of anilines is 1. The zero-order valence-electron chi connectivity index (χ0n) is 14.3. The van der Waals surface area contributed by atoms with Crippen LogP contribution in [0.4, 0.5) is 5.69 Å². The van der Waals surface area contributed by atoms with Gasteiger partial charge in [0.1, 0.15) is 11.3 Å². The van der Waals surface area contributed by atoms with Gasteiger partial charge in [-0.05, 0) is 31.5 Å². The normalized spacial score (nSPS) is 10.4. The van der Waals surface area contributed by atoms with Crippen LogP contribution in [0.25, 0.3) is 0 Å². The molecule has 0 saturated heterocycles. The van der Waals surface area contributed by atoms with E-state index in [1.54, 1.807) is 32.0 Å². The van der Waals surface area contributed by atoms with E-state index in [9.17, 15) is 14.4 Å². The van der Waals surface area contributed by atoms with Gasteiger partial charge in [0, 0.05) is 30.3 Å². The summed E-state index contributed by atoms with van der Waals surface area (Å²) in [4.78, 5) is 35.5. The summed E-state index contributed by atoms with van der Waals surface area (Å²) in [7, 11) is 0. The third kappa shape index (κ3) is 4.06. The molecule has 0 fully saturated rings. The number of carbonyl (C=O) groups excluding carboxylic acids is 2. The van der Waals surface area contributed by atoms with Crippen molar-refractivity contribution in [1.82, 2.24) is 5.32 Å². The molecule has 0 aliphatic heterocycles. The van der Waals surface area contributed by atoms with Crippen LogP contribution in [0.2, 0.25) is 0 Å². The number of amides is 2. The summed E-state index contributed by atoms with van der Waals surface area (Å²) in [5.41, 5.74) is 1.62. The third-order valence-electron chi connectivity index (χ3n) is 3.67. The smallest absolute Gasteiger partial charge is 0.339 e. The lowest BCUT2D eigenvalue weighted by Gasteiger charge is -2.09. The maximum absolute atomic E-state index is 12.4. The number of carboxylic acid groups (broad SMARTS) is 1. The first-order valence-corrected chi connectivity index (χ1v) is 7.93. The van der Waals surface area contributed by atoms with Crippen molar-refractivity contribution in [2.24, 2.45) is 0 Å². The van der Waals surface area contributed by atoms with E-state index in [0.717, 1.165) is 5.56 Å². The van der Waals surface area contributed by atoms with Gasteiger partial charge in [-0.2, -0.15) is 0 Å². The molecule has 3 N–H and O–H groups in total. The largest absolute Gasteiger partial charge is 0.478 e. The van der Waals surface area contributed by atoms with E-state index in [-0.39, 0.29) is 23.0 Å². The van der Waals surface area contributed by atoms with Crippen LogP contribution in [0.3, 0.4) is 0 Å². The van der Waals surface area contributed by atoms with Gasteiger partial charge in [0.25, 0.3) is 11.8 Å². The first kappa shape index (κ1) is 18.3. The number of carboxylic acids is 1. The molecule has 2 rings (SSSR count). The number of rotatable bonds is 6. The average Bonchev–Trinajstić information content (AvgIpc) is 3.01. The molecule has 2 amide bonds. The quantitative estimate of drug-likeness (QED) is 0.746. The second-order valence-corrected chi connectivity index (χ2v) is 5.45. The summed E-state index contributed by atoms with van der Waals surface area (Å²) in [5.74, 6) is -1.80. The van der Waals surface area contributed by atoms with Crippen molar-refractivity contribution >= 4 is 23.5 Å². The molecule has 0 radical (unpaired) electrons. The first-order valence-electron chi connectivity index (χ1n) is 7.93. The van der Waals surface area contributed by atoms with Gasteiger partial charge in [0.15, 0.2) is 5.76 Å². The van der Waals surface area contributed by atoms with E-state index in [4.69, 9.17) is 9.52 Å². The third-order valence-corrected chi connectivity index (χ3v) is 3.67. The average molecular weight is 344 g/mol. The van der Waals surface area contributed by atoms with Crippen molar-refractivity contribution in [2.75, 3.05) is 11.9 Å². The monoisotopic (exact) mass is 344 g/mol. The van der Waals surface area contributed by atoms with Crippen molar-refractivity contribution < 1.29 is 23.9 Å². The summed E-state index contributed by atoms with van der Waals surface area (Å²) >= 11 is 0. The Balaban J connectivity index is 2.27. The van der Waals surface area contributed by atoms with E-state index in [1.165, 1.54) is 6.07 Å². The van der Waals surface area contributed by atoms with Crippen LogP contribution in [0, 0.1) is 6.92 Å². The minimum Gasteiger partial charge on any atom is -0.478 e. The van der Waals surface area contributed by atoms with E-state index in [0.29, 0.717) is 24.2 Å². The number of hydrogen-bond donors (Lipinski definition) is 3. The van der Waals surface area contributed by atoms with Crippen LogP contribution in [0.15, 0.2) is 28.7 Å². The number of carbonyl (C=O) groups is 3. The number of benzene rings is 1. The van der Waals surface area contributed by atoms with Gasteiger partial charge in [-0.15, -0.1) is 0 Å². The van der Waals surface area contributed by atoms with Crippen molar-refractivity contribution in [2.45, 2.75) is 27.2 Å². The van der Waals surface area contributed by atoms with Gasteiger partial charge < -0.3 is 20.2 Å². The molecule has 0 spiro atoms. The van der Waals surface area contributed by atoms with E-state index < -0.39 is 11.9 Å². The molecule has 1 aromatic carbocycles. The molecular formula is C18H20N2O5. The maximum Gasteiger partial charge on any atom is 0.339 e. The molecule has 1 heterocycles. The van der Waals surface area contributed by atoms with E-state index >= 15 is 0 Å². The Bertz CT molecular complexity index is 823. The van der Waals surface area contributed by atoms with Crippen molar-refractivity contribution in [3.8, 4) is 0 Å².